The molecule has 4 heterocycles. The van der Waals surface area contributed by atoms with Crippen LogP contribution in [0.5, 0.6) is 0 Å². The van der Waals surface area contributed by atoms with Gasteiger partial charge in [-0.2, -0.15) is 0 Å². The van der Waals surface area contributed by atoms with Crippen molar-refractivity contribution in [2.45, 2.75) is 5.41 Å². The average molecular weight is 1070 g/mol. The Balaban J connectivity index is 0.830. The van der Waals surface area contributed by atoms with Crippen LogP contribution < -0.4 is 0 Å². The van der Waals surface area contributed by atoms with E-state index in [1.54, 1.807) is 0 Å². The number of imidazole rings is 1. The normalized spacial score (nSPS) is 12.9. The SMILES string of the molecule is c1ccc(-c2cccc(-n3c(-c4cccc(-c5ccc6c(c5)C5(c7ccccc7-c7ccccc75)c5cc(-c7nc(-c8cccc9oc%10ccccc%10c89)nc(-c8cccc9oc%10ccccc%10c89)n7)ccc5-6)c4)nc4ccccc43)c2)cc1. The van der Waals surface area contributed by atoms with Gasteiger partial charge < -0.3 is 8.83 Å². The molecule has 16 aromatic rings. The summed E-state index contributed by atoms with van der Waals surface area (Å²) in [4.78, 5) is 21.7. The van der Waals surface area contributed by atoms with E-state index in [0.29, 0.717) is 17.5 Å². The zero-order valence-electron chi connectivity index (χ0n) is 45.0. The molecule has 1 spiro atoms. The fraction of sp³-hybridized carbons (Fsp3) is 0.0130. The lowest BCUT2D eigenvalue weighted by molar-refractivity contribution is 0.668. The first-order valence-electron chi connectivity index (χ1n) is 28.4. The first kappa shape index (κ1) is 46.5. The lowest BCUT2D eigenvalue weighted by Gasteiger charge is -2.31. The summed E-state index contributed by atoms with van der Waals surface area (Å²) >= 11 is 0. The largest absolute Gasteiger partial charge is 0.456 e. The molecular weight excluding hydrogens is 1030 g/mol. The standard InChI is InChI=1S/C77H45N5O2/c1-2-18-46(19-3-1)48-21-15-23-52(43-48)82-66-33-11-10-32-65(66)78-76(82)51-22-14-20-47(42-51)49-38-40-55-56-41-39-50(45-64(56)77(63(55)44-49)61-30-8-4-24-53(61)54-25-5-9-31-62(54)77)73-79-74(59-28-16-36-69-71(59)57-26-6-12-34-67(57)83-69)81-75(80-73)60-29-17-37-70-72(60)58-27-7-13-35-68(58)84-70/h1-45H. The summed E-state index contributed by atoms with van der Waals surface area (Å²) in [5.74, 6) is 2.55. The smallest absolute Gasteiger partial charge is 0.164 e. The van der Waals surface area contributed by atoms with Gasteiger partial charge in [0.15, 0.2) is 17.5 Å². The van der Waals surface area contributed by atoms with E-state index in [1.165, 1.54) is 50.1 Å². The van der Waals surface area contributed by atoms with Gasteiger partial charge in [0.05, 0.1) is 16.4 Å². The topological polar surface area (TPSA) is 82.8 Å². The van der Waals surface area contributed by atoms with Gasteiger partial charge in [-0.05, 0) is 133 Å². The second kappa shape index (κ2) is 17.9. The zero-order chi connectivity index (χ0) is 55.0. The van der Waals surface area contributed by atoms with Crippen LogP contribution in [0.4, 0.5) is 0 Å². The minimum atomic E-state index is -0.680. The number of rotatable bonds is 7. The van der Waals surface area contributed by atoms with Crippen molar-refractivity contribution in [2.24, 2.45) is 0 Å². The summed E-state index contributed by atoms with van der Waals surface area (Å²) in [5.41, 5.74) is 23.4. The highest BCUT2D eigenvalue weighted by molar-refractivity contribution is 6.13. The highest BCUT2D eigenvalue weighted by Gasteiger charge is 2.52. The highest BCUT2D eigenvalue weighted by atomic mass is 16.3. The molecule has 0 radical (unpaired) electrons. The predicted octanol–water partition coefficient (Wildman–Crippen LogP) is 19.4. The molecule has 18 rings (SSSR count). The maximum absolute atomic E-state index is 6.46. The van der Waals surface area contributed by atoms with E-state index < -0.39 is 5.41 Å². The molecule has 0 saturated carbocycles. The minimum absolute atomic E-state index is 0.551. The van der Waals surface area contributed by atoms with Crippen LogP contribution in [0, 0.1) is 0 Å². The second-order valence-corrected chi connectivity index (χ2v) is 22.0. The van der Waals surface area contributed by atoms with Gasteiger partial charge in [-0.25, -0.2) is 19.9 Å². The van der Waals surface area contributed by atoms with Crippen molar-refractivity contribution in [1.82, 2.24) is 24.5 Å². The first-order chi connectivity index (χ1) is 41.6. The average Bonchev–Trinajstić information content (AvgIpc) is 2.19. The third kappa shape index (κ3) is 6.75. The van der Waals surface area contributed by atoms with Crippen molar-refractivity contribution in [3.8, 4) is 95.7 Å². The van der Waals surface area contributed by atoms with E-state index in [9.17, 15) is 0 Å². The summed E-state index contributed by atoms with van der Waals surface area (Å²) < 4.78 is 15.2. The Morgan fingerprint density at radius 3 is 1.43 bits per heavy atom. The van der Waals surface area contributed by atoms with Gasteiger partial charge in [-0.3, -0.25) is 4.57 Å². The van der Waals surface area contributed by atoms with Crippen molar-refractivity contribution in [2.75, 3.05) is 0 Å². The maximum Gasteiger partial charge on any atom is 0.164 e. The Morgan fingerprint density at radius 2 is 0.750 bits per heavy atom. The monoisotopic (exact) mass is 1070 g/mol. The van der Waals surface area contributed by atoms with Gasteiger partial charge in [0.2, 0.25) is 0 Å². The van der Waals surface area contributed by atoms with Crippen molar-refractivity contribution >= 4 is 54.9 Å². The summed E-state index contributed by atoms with van der Waals surface area (Å²) in [5, 5.41) is 3.92. The van der Waals surface area contributed by atoms with Gasteiger partial charge in [0.25, 0.3) is 0 Å². The van der Waals surface area contributed by atoms with Crippen molar-refractivity contribution in [1.29, 1.82) is 0 Å². The molecule has 0 N–H and O–H groups in total. The number of aromatic nitrogens is 5. The molecule has 7 heteroatoms. The molecule has 0 fully saturated rings. The van der Waals surface area contributed by atoms with E-state index in [0.717, 1.165) is 105 Å². The van der Waals surface area contributed by atoms with Gasteiger partial charge in [0.1, 0.15) is 28.2 Å². The molecule has 2 aliphatic rings. The molecule has 0 aliphatic heterocycles. The van der Waals surface area contributed by atoms with Gasteiger partial charge in [-0.1, -0.05) is 206 Å². The molecule has 390 valence electrons. The van der Waals surface area contributed by atoms with Crippen molar-refractivity contribution in [3.05, 3.63) is 295 Å². The van der Waals surface area contributed by atoms with Crippen LogP contribution in [-0.2, 0) is 5.41 Å². The molecule has 0 amide bonds. The summed E-state index contributed by atoms with van der Waals surface area (Å²) in [6.45, 7) is 0. The molecule has 4 aromatic heterocycles. The van der Waals surface area contributed by atoms with Crippen LogP contribution in [0.25, 0.3) is 151 Å². The molecule has 0 unspecified atom stereocenters. The van der Waals surface area contributed by atoms with Gasteiger partial charge >= 0.3 is 0 Å². The number of para-hydroxylation sites is 4. The third-order valence-corrected chi connectivity index (χ3v) is 17.5. The fourth-order valence-corrected chi connectivity index (χ4v) is 13.9. The number of furan rings is 2. The molecule has 7 nitrogen and oxygen atoms in total. The van der Waals surface area contributed by atoms with Crippen molar-refractivity contribution in [3.63, 3.8) is 0 Å². The molecule has 0 bridgehead atoms. The van der Waals surface area contributed by atoms with E-state index in [-0.39, 0.29) is 0 Å². The molecule has 0 saturated heterocycles. The Kier molecular flexibility index (Phi) is 9.88. The van der Waals surface area contributed by atoms with E-state index >= 15 is 0 Å². The van der Waals surface area contributed by atoms with Crippen LogP contribution in [0.15, 0.2) is 282 Å². The van der Waals surface area contributed by atoms with Gasteiger partial charge in [0, 0.05) is 49.5 Å². The Labute approximate surface area is 482 Å². The molecule has 2 aliphatic carbocycles. The summed E-state index contributed by atoms with van der Waals surface area (Å²) in [6, 6.07) is 97.1. The minimum Gasteiger partial charge on any atom is -0.456 e. The van der Waals surface area contributed by atoms with Crippen LogP contribution in [0.1, 0.15) is 22.3 Å². The summed E-state index contributed by atoms with van der Waals surface area (Å²) in [7, 11) is 0. The lowest BCUT2D eigenvalue weighted by atomic mass is 9.70. The molecule has 0 atom stereocenters. The number of fused-ring (bicyclic) bond motifs is 17. The molecular formula is C77H45N5O2. The predicted molar refractivity (Wildman–Crippen MR) is 338 cm³/mol. The van der Waals surface area contributed by atoms with Crippen molar-refractivity contribution < 1.29 is 8.83 Å². The highest BCUT2D eigenvalue weighted by Crippen LogP contribution is 2.63. The third-order valence-electron chi connectivity index (χ3n) is 17.5. The molecule has 84 heavy (non-hydrogen) atoms. The number of hydrogen-bond acceptors (Lipinski definition) is 6. The number of nitrogens with zero attached hydrogens (tertiary/aromatic N) is 5. The van der Waals surface area contributed by atoms with Crippen LogP contribution in [0.2, 0.25) is 0 Å². The number of benzene rings is 12. The van der Waals surface area contributed by atoms with E-state index in [2.05, 4.69) is 217 Å². The summed E-state index contributed by atoms with van der Waals surface area (Å²) in [6.07, 6.45) is 0. The second-order valence-electron chi connectivity index (χ2n) is 22.0. The quantitative estimate of drug-likeness (QED) is 0.158. The van der Waals surface area contributed by atoms with Gasteiger partial charge in [-0.15, -0.1) is 0 Å². The Morgan fingerprint density at radius 1 is 0.286 bits per heavy atom. The Hall–Kier alpha value is -11.3. The fourth-order valence-electron chi connectivity index (χ4n) is 13.9. The van der Waals surface area contributed by atoms with Crippen LogP contribution in [0.3, 0.4) is 0 Å². The van der Waals surface area contributed by atoms with E-state index in [1.807, 2.05) is 60.7 Å². The van der Waals surface area contributed by atoms with Crippen LogP contribution in [-0.4, -0.2) is 24.5 Å². The lowest BCUT2D eigenvalue weighted by Crippen LogP contribution is -2.26. The Bertz CT molecular complexity index is 5240. The molecule has 12 aromatic carbocycles. The van der Waals surface area contributed by atoms with Crippen LogP contribution >= 0.6 is 0 Å². The first-order valence-corrected chi connectivity index (χ1v) is 28.4. The maximum atomic E-state index is 6.46. The number of hydrogen-bond donors (Lipinski definition) is 0. The zero-order valence-corrected chi connectivity index (χ0v) is 45.0. The van der Waals surface area contributed by atoms with E-state index in [4.69, 9.17) is 28.8 Å².